The van der Waals surface area contributed by atoms with E-state index in [0.717, 1.165) is 11.3 Å². The monoisotopic (exact) mass is 203 g/mol. The summed E-state index contributed by atoms with van der Waals surface area (Å²) in [6.45, 7) is 8.58. The Hall–Kier alpha value is -1.49. The minimum atomic E-state index is 0.0385. The third kappa shape index (κ3) is 2.99. The maximum Gasteiger partial charge on any atom is 0.174 e. The van der Waals surface area contributed by atoms with E-state index in [9.17, 15) is 0 Å². The highest BCUT2D eigenvalue weighted by molar-refractivity contribution is 5.41. The summed E-state index contributed by atoms with van der Waals surface area (Å²) in [6.07, 6.45) is 0. The predicted molar refractivity (Wildman–Crippen MR) is 61.0 cm³/mol. The Balaban J connectivity index is 3.10. The smallest absolute Gasteiger partial charge is 0.174 e. The summed E-state index contributed by atoms with van der Waals surface area (Å²) < 4.78 is 5.41. The third-order valence-electron chi connectivity index (χ3n) is 2.24. The van der Waals surface area contributed by atoms with Crippen LogP contribution >= 0.6 is 0 Å². The van der Waals surface area contributed by atoms with E-state index in [0.29, 0.717) is 0 Å². The van der Waals surface area contributed by atoms with Crippen molar-refractivity contribution < 1.29 is 4.74 Å². The van der Waals surface area contributed by atoms with Gasteiger partial charge in [-0.25, -0.2) is 0 Å². The Bertz CT molecular complexity index is 383. The van der Waals surface area contributed by atoms with Crippen LogP contribution in [0.4, 0.5) is 0 Å². The Morgan fingerprint density at radius 1 is 1.33 bits per heavy atom. The van der Waals surface area contributed by atoms with Crippen LogP contribution in [0, 0.1) is 18.3 Å². The molecule has 0 aliphatic rings. The van der Waals surface area contributed by atoms with Crippen molar-refractivity contribution in [2.45, 2.75) is 33.1 Å². The normalized spacial score (nSPS) is 10.9. The summed E-state index contributed by atoms with van der Waals surface area (Å²) >= 11 is 0. The Morgan fingerprint density at radius 2 is 2.00 bits per heavy atom. The van der Waals surface area contributed by atoms with Gasteiger partial charge in [0.05, 0.1) is 0 Å². The minimum Gasteiger partial charge on any atom is -0.478 e. The minimum absolute atomic E-state index is 0.0385. The molecule has 0 unspecified atom stereocenters. The highest BCUT2D eigenvalue weighted by atomic mass is 16.5. The van der Waals surface area contributed by atoms with Gasteiger partial charge in [-0.2, -0.15) is 5.26 Å². The Morgan fingerprint density at radius 3 is 2.53 bits per heavy atom. The van der Waals surface area contributed by atoms with E-state index < -0.39 is 0 Å². The van der Waals surface area contributed by atoms with Gasteiger partial charge in [0.15, 0.2) is 6.61 Å². The van der Waals surface area contributed by atoms with Gasteiger partial charge in [0.2, 0.25) is 0 Å². The molecule has 0 saturated heterocycles. The second-order valence-corrected chi connectivity index (χ2v) is 4.70. The molecule has 0 heterocycles. The third-order valence-corrected chi connectivity index (χ3v) is 2.24. The van der Waals surface area contributed by atoms with Crippen molar-refractivity contribution in [3.63, 3.8) is 0 Å². The van der Waals surface area contributed by atoms with Gasteiger partial charge in [-0.05, 0) is 24.0 Å². The van der Waals surface area contributed by atoms with Gasteiger partial charge < -0.3 is 4.74 Å². The van der Waals surface area contributed by atoms with Crippen molar-refractivity contribution >= 4 is 0 Å². The molecule has 1 aromatic carbocycles. The molecule has 2 heteroatoms. The second-order valence-electron chi connectivity index (χ2n) is 4.70. The molecule has 80 valence electrons. The molecule has 1 aromatic rings. The molecule has 15 heavy (non-hydrogen) atoms. The number of benzene rings is 1. The van der Waals surface area contributed by atoms with Crippen LogP contribution in [0.2, 0.25) is 0 Å². The summed E-state index contributed by atoms with van der Waals surface area (Å²) in [7, 11) is 0. The lowest BCUT2D eigenvalue weighted by Crippen LogP contribution is -2.13. The van der Waals surface area contributed by atoms with Gasteiger partial charge >= 0.3 is 0 Å². The van der Waals surface area contributed by atoms with E-state index in [-0.39, 0.29) is 12.0 Å². The molecule has 0 N–H and O–H groups in total. The standard InChI is InChI=1S/C13H17NO/c1-10-5-6-12(15-8-7-14)11(9-10)13(2,3)4/h5-6,9H,8H2,1-4H3. The van der Waals surface area contributed by atoms with E-state index >= 15 is 0 Å². The van der Waals surface area contributed by atoms with Crippen molar-refractivity contribution in [2.75, 3.05) is 6.61 Å². The maximum atomic E-state index is 8.50. The van der Waals surface area contributed by atoms with Crippen LogP contribution in [0.3, 0.4) is 0 Å². The predicted octanol–water partition coefficient (Wildman–Crippen LogP) is 3.19. The summed E-state index contributed by atoms with van der Waals surface area (Å²) in [4.78, 5) is 0. The lowest BCUT2D eigenvalue weighted by molar-refractivity contribution is 0.355. The van der Waals surface area contributed by atoms with Gasteiger partial charge in [0.1, 0.15) is 11.8 Å². The molecule has 0 amide bonds. The van der Waals surface area contributed by atoms with Crippen LogP contribution in [0.5, 0.6) is 5.75 Å². The highest BCUT2D eigenvalue weighted by Gasteiger charge is 2.18. The molecular formula is C13H17NO. The molecule has 1 rings (SSSR count). The molecule has 0 radical (unpaired) electrons. The molecule has 0 bridgehead atoms. The zero-order valence-corrected chi connectivity index (χ0v) is 9.79. The lowest BCUT2D eigenvalue weighted by atomic mass is 9.85. The first kappa shape index (κ1) is 11.6. The number of hydrogen-bond acceptors (Lipinski definition) is 2. The number of ether oxygens (including phenoxy) is 1. The molecule has 0 aliphatic carbocycles. The number of aryl methyl sites for hydroxylation is 1. The molecule has 2 nitrogen and oxygen atoms in total. The molecule has 0 spiro atoms. The molecule has 0 aromatic heterocycles. The van der Waals surface area contributed by atoms with Crippen LogP contribution in [-0.4, -0.2) is 6.61 Å². The first-order valence-corrected chi connectivity index (χ1v) is 5.06. The average Bonchev–Trinajstić information content (AvgIpc) is 2.14. The van der Waals surface area contributed by atoms with Crippen LogP contribution < -0.4 is 4.74 Å². The Kier molecular flexibility index (Phi) is 3.36. The van der Waals surface area contributed by atoms with E-state index in [4.69, 9.17) is 10.00 Å². The first-order chi connectivity index (χ1) is 6.95. The van der Waals surface area contributed by atoms with Gasteiger partial charge in [0.25, 0.3) is 0 Å². The fourth-order valence-electron chi connectivity index (χ4n) is 1.47. The van der Waals surface area contributed by atoms with Gasteiger partial charge in [-0.15, -0.1) is 0 Å². The fourth-order valence-corrected chi connectivity index (χ4v) is 1.47. The number of nitriles is 1. The van der Waals surface area contributed by atoms with E-state index in [1.54, 1.807) is 0 Å². The molecule has 0 saturated carbocycles. The first-order valence-electron chi connectivity index (χ1n) is 5.06. The fraction of sp³-hybridized carbons (Fsp3) is 0.462. The van der Waals surface area contributed by atoms with Crippen molar-refractivity contribution in [3.05, 3.63) is 29.3 Å². The van der Waals surface area contributed by atoms with Gasteiger partial charge in [-0.3, -0.25) is 0 Å². The Labute approximate surface area is 91.5 Å². The van der Waals surface area contributed by atoms with E-state index in [1.807, 2.05) is 18.2 Å². The van der Waals surface area contributed by atoms with Crippen molar-refractivity contribution in [2.24, 2.45) is 0 Å². The van der Waals surface area contributed by atoms with E-state index in [1.165, 1.54) is 5.56 Å². The van der Waals surface area contributed by atoms with Crippen LogP contribution in [-0.2, 0) is 5.41 Å². The van der Waals surface area contributed by atoms with Crippen molar-refractivity contribution in [1.82, 2.24) is 0 Å². The van der Waals surface area contributed by atoms with Crippen LogP contribution in [0.15, 0.2) is 18.2 Å². The highest BCUT2D eigenvalue weighted by Crippen LogP contribution is 2.31. The lowest BCUT2D eigenvalue weighted by Gasteiger charge is -2.22. The van der Waals surface area contributed by atoms with E-state index in [2.05, 4.69) is 33.8 Å². The quantitative estimate of drug-likeness (QED) is 0.739. The molecule has 0 atom stereocenters. The van der Waals surface area contributed by atoms with Gasteiger partial charge in [0, 0.05) is 0 Å². The average molecular weight is 203 g/mol. The zero-order chi connectivity index (χ0) is 11.5. The maximum absolute atomic E-state index is 8.50. The molecular weight excluding hydrogens is 186 g/mol. The molecule has 0 aliphatic heterocycles. The number of rotatable bonds is 2. The summed E-state index contributed by atoms with van der Waals surface area (Å²) in [5.41, 5.74) is 2.40. The van der Waals surface area contributed by atoms with Crippen LogP contribution in [0.1, 0.15) is 31.9 Å². The number of hydrogen-bond donors (Lipinski definition) is 0. The summed E-state index contributed by atoms with van der Waals surface area (Å²) in [5.74, 6) is 0.814. The van der Waals surface area contributed by atoms with Gasteiger partial charge in [-0.1, -0.05) is 38.5 Å². The second kappa shape index (κ2) is 4.35. The summed E-state index contributed by atoms with van der Waals surface area (Å²) in [5, 5.41) is 8.50. The summed E-state index contributed by atoms with van der Waals surface area (Å²) in [6, 6.07) is 8.04. The number of nitrogens with zero attached hydrogens (tertiary/aromatic N) is 1. The van der Waals surface area contributed by atoms with Crippen LogP contribution in [0.25, 0.3) is 0 Å². The largest absolute Gasteiger partial charge is 0.478 e. The molecule has 0 fully saturated rings. The van der Waals surface area contributed by atoms with Crippen molar-refractivity contribution in [1.29, 1.82) is 5.26 Å². The topological polar surface area (TPSA) is 33.0 Å². The SMILES string of the molecule is Cc1ccc(OCC#N)c(C(C)(C)C)c1. The zero-order valence-electron chi connectivity index (χ0n) is 9.79. The van der Waals surface area contributed by atoms with Crippen molar-refractivity contribution in [3.8, 4) is 11.8 Å².